The molecule has 0 atom stereocenters. The molecule has 0 fully saturated rings. The fourth-order valence-electron chi connectivity index (χ4n) is 2.07. The number of aromatic nitrogens is 2. The number of aryl methyl sites for hydroxylation is 1. The first-order valence-electron chi connectivity index (χ1n) is 6.46. The van der Waals surface area contributed by atoms with Crippen molar-refractivity contribution in [2.75, 3.05) is 5.32 Å². The lowest BCUT2D eigenvalue weighted by Gasteiger charge is -1.99. The first-order valence-corrected chi connectivity index (χ1v) is 8.42. The number of anilines is 1. The molecule has 0 saturated heterocycles. The Labute approximate surface area is 154 Å². The number of aromatic amines is 1. The zero-order valence-electron chi connectivity index (χ0n) is 11.9. The molecule has 0 radical (unpaired) electrons. The summed E-state index contributed by atoms with van der Waals surface area (Å²) in [6.45, 7) is 1.69. The van der Waals surface area contributed by atoms with Crippen LogP contribution in [-0.4, -0.2) is 27.0 Å². The lowest BCUT2D eigenvalue weighted by atomic mass is 10.2. The molecule has 1 aromatic carbocycles. The maximum absolute atomic E-state index is 12.3. The molecular weight excluding hydrogens is 397 g/mol. The van der Waals surface area contributed by atoms with Crippen LogP contribution >= 0.6 is 46.1 Å². The van der Waals surface area contributed by atoms with Crippen LogP contribution in [0.1, 0.15) is 26.5 Å². The van der Waals surface area contributed by atoms with Crippen LogP contribution in [0.25, 0.3) is 10.2 Å². The molecule has 124 valence electrons. The molecule has 2 heterocycles. The van der Waals surface area contributed by atoms with E-state index in [1.54, 1.807) is 6.92 Å². The molecule has 0 aliphatic heterocycles. The minimum atomic E-state index is -1.14. The number of rotatable bonds is 3. The SMILES string of the molecule is Cc1[nH]c(C(=O)Nc2nc3ccc(C(=O)O)c(Cl)c3s2)c(Cl)c1Cl. The second kappa shape index (κ2) is 6.25. The van der Waals surface area contributed by atoms with Gasteiger partial charge in [0.15, 0.2) is 5.13 Å². The van der Waals surface area contributed by atoms with Crippen LogP contribution in [0.3, 0.4) is 0 Å². The van der Waals surface area contributed by atoms with Crippen LogP contribution in [-0.2, 0) is 0 Å². The smallest absolute Gasteiger partial charge is 0.337 e. The van der Waals surface area contributed by atoms with Crippen LogP contribution < -0.4 is 5.32 Å². The van der Waals surface area contributed by atoms with E-state index in [0.717, 1.165) is 11.3 Å². The number of H-pyrrole nitrogens is 1. The zero-order chi connectivity index (χ0) is 17.6. The van der Waals surface area contributed by atoms with Crippen LogP contribution in [0.5, 0.6) is 0 Å². The highest BCUT2D eigenvalue weighted by molar-refractivity contribution is 7.23. The molecule has 3 rings (SSSR count). The Bertz CT molecular complexity index is 996. The molecule has 0 saturated carbocycles. The molecule has 0 unspecified atom stereocenters. The minimum Gasteiger partial charge on any atom is -0.478 e. The number of aromatic carboxylic acids is 1. The number of carboxylic acid groups (broad SMARTS) is 1. The third-order valence-corrected chi connectivity index (χ3v) is 5.68. The number of carbonyl (C=O) groups is 2. The van der Waals surface area contributed by atoms with E-state index in [0.29, 0.717) is 15.9 Å². The fourth-order valence-corrected chi connectivity index (χ4v) is 3.74. The van der Waals surface area contributed by atoms with Crippen LogP contribution in [0.15, 0.2) is 12.1 Å². The van der Waals surface area contributed by atoms with Crippen molar-refractivity contribution >= 4 is 73.4 Å². The van der Waals surface area contributed by atoms with Crippen molar-refractivity contribution in [2.24, 2.45) is 0 Å². The number of hydrogen-bond donors (Lipinski definition) is 3. The van der Waals surface area contributed by atoms with E-state index in [2.05, 4.69) is 15.3 Å². The summed E-state index contributed by atoms with van der Waals surface area (Å²) >= 11 is 19.1. The van der Waals surface area contributed by atoms with Gasteiger partial charge in [-0.2, -0.15) is 0 Å². The second-order valence-corrected chi connectivity index (χ2v) is 6.94. The van der Waals surface area contributed by atoms with E-state index in [4.69, 9.17) is 39.9 Å². The molecule has 10 heteroatoms. The molecule has 1 amide bonds. The van der Waals surface area contributed by atoms with Crippen molar-refractivity contribution in [3.05, 3.63) is 44.2 Å². The van der Waals surface area contributed by atoms with Crippen molar-refractivity contribution in [2.45, 2.75) is 6.92 Å². The topological polar surface area (TPSA) is 95.1 Å². The maximum atomic E-state index is 12.3. The molecule has 0 aliphatic carbocycles. The van der Waals surface area contributed by atoms with Crippen molar-refractivity contribution in [3.8, 4) is 0 Å². The number of halogens is 3. The number of carboxylic acids is 1. The van der Waals surface area contributed by atoms with Crippen LogP contribution in [0.2, 0.25) is 15.1 Å². The summed E-state index contributed by atoms with van der Waals surface area (Å²) in [6, 6.07) is 2.89. The number of nitrogens with zero attached hydrogens (tertiary/aromatic N) is 1. The lowest BCUT2D eigenvalue weighted by Crippen LogP contribution is -2.12. The van der Waals surface area contributed by atoms with Gasteiger partial charge in [0.1, 0.15) is 5.69 Å². The highest BCUT2D eigenvalue weighted by atomic mass is 35.5. The number of carbonyl (C=O) groups excluding carboxylic acids is 1. The van der Waals surface area contributed by atoms with Gasteiger partial charge in [0.25, 0.3) is 5.91 Å². The largest absolute Gasteiger partial charge is 0.478 e. The zero-order valence-corrected chi connectivity index (χ0v) is 15.0. The summed E-state index contributed by atoms with van der Waals surface area (Å²) in [7, 11) is 0. The summed E-state index contributed by atoms with van der Waals surface area (Å²) < 4.78 is 0.471. The van der Waals surface area contributed by atoms with Crippen LogP contribution in [0, 0.1) is 6.92 Å². The van der Waals surface area contributed by atoms with Crippen molar-refractivity contribution < 1.29 is 14.7 Å². The van der Waals surface area contributed by atoms with Gasteiger partial charge in [-0.15, -0.1) is 0 Å². The molecule has 0 spiro atoms. The minimum absolute atomic E-state index is 0.0273. The third-order valence-electron chi connectivity index (χ3n) is 3.23. The highest BCUT2D eigenvalue weighted by Gasteiger charge is 2.20. The maximum Gasteiger partial charge on any atom is 0.337 e. The number of fused-ring (bicyclic) bond motifs is 1. The predicted octanol–water partition coefficient (Wildman–Crippen LogP) is 4.84. The van der Waals surface area contributed by atoms with E-state index in [9.17, 15) is 9.59 Å². The molecule has 2 aromatic heterocycles. The monoisotopic (exact) mass is 403 g/mol. The van der Waals surface area contributed by atoms with Gasteiger partial charge in [-0.3, -0.25) is 10.1 Å². The lowest BCUT2D eigenvalue weighted by molar-refractivity contribution is 0.0697. The Hall–Kier alpha value is -1.80. The van der Waals surface area contributed by atoms with E-state index in [-0.39, 0.29) is 31.5 Å². The van der Waals surface area contributed by atoms with Gasteiger partial charge in [0, 0.05) is 5.69 Å². The molecular formula is C14H8Cl3N3O3S. The van der Waals surface area contributed by atoms with Crippen molar-refractivity contribution in [1.29, 1.82) is 0 Å². The summed E-state index contributed by atoms with van der Waals surface area (Å²) in [6.07, 6.45) is 0. The van der Waals surface area contributed by atoms with Gasteiger partial charge < -0.3 is 10.1 Å². The second-order valence-electron chi connectivity index (χ2n) is 4.81. The first kappa shape index (κ1) is 17.0. The third kappa shape index (κ3) is 2.84. The standard InChI is InChI=1S/C14H8Cl3N3O3S/c1-4-7(15)9(17)10(18-4)12(21)20-14-19-6-3-2-5(13(22)23)8(16)11(6)24-14/h2-3,18H,1H3,(H,22,23)(H,19,20,21). The van der Waals surface area contributed by atoms with E-state index >= 15 is 0 Å². The Morgan fingerprint density at radius 1 is 1.21 bits per heavy atom. The Morgan fingerprint density at radius 2 is 1.92 bits per heavy atom. The van der Waals surface area contributed by atoms with E-state index < -0.39 is 11.9 Å². The Balaban J connectivity index is 1.96. The summed E-state index contributed by atoms with van der Waals surface area (Å²) in [5.41, 5.74) is 1.15. The number of thiazole rings is 1. The predicted molar refractivity (Wildman–Crippen MR) is 95.1 cm³/mol. The Kier molecular flexibility index (Phi) is 4.44. The number of hydrogen-bond acceptors (Lipinski definition) is 4. The fraction of sp³-hybridized carbons (Fsp3) is 0.0714. The number of benzene rings is 1. The number of nitrogens with one attached hydrogen (secondary N) is 2. The van der Waals surface area contributed by atoms with Gasteiger partial charge in [0.05, 0.1) is 30.8 Å². The molecule has 0 aliphatic rings. The molecule has 0 bridgehead atoms. The van der Waals surface area contributed by atoms with Crippen molar-refractivity contribution in [1.82, 2.24) is 9.97 Å². The van der Waals surface area contributed by atoms with Crippen molar-refractivity contribution in [3.63, 3.8) is 0 Å². The quantitative estimate of drug-likeness (QED) is 0.582. The molecule has 3 N–H and O–H groups in total. The first-order chi connectivity index (χ1) is 11.3. The normalized spacial score (nSPS) is 11.0. The summed E-state index contributed by atoms with van der Waals surface area (Å²) in [5, 5.41) is 12.4. The van der Waals surface area contributed by atoms with Gasteiger partial charge in [-0.25, -0.2) is 9.78 Å². The van der Waals surface area contributed by atoms with Crippen LogP contribution in [0.4, 0.5) is 5.13 Å². The van der Waals surface area contributed by atoms with Gasteiger partial charge in [0.2, 0.25) is 0 Å². The Morgan fingerprint density at radius 3 is 2.50 bits per heavy atom. The average Bonchev–Trinajstić information content (AvgIpc) is 3.04. The summed E-state index contributed by atoms with van der Waals surface area (Å²) in [4.78, 5) is 30.4. The van der Waals surface area contributed by atoms with Gasteiger partial charge >= 0.3 is 5.97 Å². The van der Waals surface area contributed by atoms with Gasteiger partial charge in [-0.1, -0.05) is 46.1 Å². The highest BCUT2D eigenvalue weighted by Crippen LogP contribution is 2.35. The molecule has 24 heavy (non-hydrogen) atoms. The summed E-state index contributed by atoms with van der Waals surface area (Å²) in [5.74, 6) is -1.65. The number of amides is 1. The van der Waals surface area contributed by atoms with E-state index in [1.807, 2.05) is 0 Å². The molecule has 6 nitrogen and oxygen atoms in total. The molecule has 3 aromatic rings. The average molecular weight is 405 g/mol. The van der Waals surface area contributed by atoms with Gasteiger partial charge in [-0.05, 0) is 19.1 Å². The van der Waals surface area contributed by atoms with E-state index in [1.165, 1.54) is 12.1 Å².